The standard InChI is InChI=1S/C26H36O8/c1-6-15(2)22(29)33-21-20(32-16(3)27)23(4)17(8-7-10-26(23)14-31-26)18-9-11-25(34-24(18,21)5)12-19(28)30-13-25/h6,17-18,20-21H,7-14H2,1-5H3/b15-6+/t17?,18?,20-,21-,23?,24?,25?,26?/m0/s1. The van der Waals surface area contributed by atoms with Gasteiger partial charge < -0.3 is 23.7 Å². The minimum Gasteiger partial charge on any atom is -0.463 e. The Labute approximate surface area is 200 Å². The van der Waals surface area contributed by atoms with E-state index in [0.29, 0.717) is 18.6 Å². The van der Waals surface area contributed by atoms with Crippen molar-refractivity contribution in [3.63, 3.8) is 0 Å². The van der Waals surface area contributed by atoms with E-state index in [0.717, 1.165) is 25.7 Å². The highest BCUT2D eigenvalue weighted by Gasteiger charge is 2.77. The summed E-state index contributed by atoms with van der Waals surface area (Å²) in [7, 11) is 0. The molecule has 0 amide bonds. The predicted molar refractivity (Wildman–Crippen MR) is 120 cm³/mol. The summed E-state index contributed by atoms with van der Waals surface area (Å²) in [5, 5.41) is 0. The van der Waals surface area contributed by atoms with Crippen LogP contribution in [0.25, 0.3) is 0 Å². The number of rotatable bonds is 3. The molecule has 8 nitrogen and oxygen atoms in total. The monoisotopic (exact) mass is 476 g/mol. The second kappa shape index (κ2) is 7.79. The van der Waals surface area contributed by atoms with Crippen LogP contribution in [0.15, 0.2) is 11.6 Å². The second-order valence-electron chi connectivity index (χ2n) is 11.3. The van der Waals surface area contributed by atoms with Crippen LogP contribution in [0.5, 0.6) is 0 Å². The van der Waals surface area contributed by atoms with Crippen LogP contribution < -0.4 is 0 Å². The van der Waals surface area contributed by atoms with Gasteiger partial charge in [0, 0.05) is 17.9 Å². The molecule has 0 bridgehead atoms. The summed E-state index contributed by atoms with van der Waals surface area (Å²) < 4.78 is 30.5. The highest BCUT2D eigenvalue weighted by molar-refractivity contribution is 5.87. The first kappa shape index (κ1) is 23.8. The molecule has 0 radical (unpaired) electrons. The van der Waals surface area contributed by atoms with Gasteiger partial charge in [-0.25, -0.2) is 4.79 Å². The van der Waals surface area contributed by atoms with Crippen molar-refractivity contribution in [2.75, 3.05) is 13.2 Å². The van der Waals surface area contributed by atoms with Crippen molar-refractivity contribution >= 4 is 17.9 Å². The van der Waals surface area contributed by atoms with Gasteiger partial charge in [0.05, 0.1) is 13.0 Å². The molecule has 6 unspecified atom stereocenters. The highest BCUT2D eigenvalue weighted by Crippen LogP contribution is 2.68. The number of hydrogen-bond acceptors (Lipinski definition) is 8. The Balaban J connectivity index is 1.63. The molecule has 2 aliphatic carbocycles. The third-order valence-corrected chi connectivity index (χ3v) is 9.59. The van der Waals surface area contributed by atoms with Crippen LogP contribution in [0.4, 0.5) is 0 Å². The topological polar surface area (TPSA) is 101 Å². The molecule has 5 fully saturated rings. The van der Waals surface area contributed by atoms with Crippen LogP contribution >= 0.6 is 0 Å². The van der Waals surface area contributed by atoms with Gasteiger partial charge in [-0.3, -0.25) is 9.59 Å². The van der Waals surface area contributed by atoms with E-state index in [2.05, 4.69) is 6.92 Å². The molecule has 3 aliphatic heterocycles. The first-order valence-electron chi connectivity index (χ1n) is 12.5. The lowest BCUT2D eigenvalue weighted by Crippen LogP contribution is -2.75. The van der Waals surface area contributed by atoms with E-state index >= 15 is 0 Å². The summed E-state index contributed by atoms with van der Waals surface area (Å²) in [4.78, 5) is 37.6. The number of cyclic esters (lactones) is 1. The lowest BCUT2D eigenvalue weighted by Gasteiger charge is -2.65. The van der Waals surface area contributed by atoms with Crippen molar-refractivity contribution in [3.8, 4) is 0 Å². The van der Waals surface area contributed by atoms with Gasteiger partial charge in [-0.05, 0) is 58.3 Å². The molecule has 3 saturated heterocycles. The van der Waals surface area contributed by atoms with Gasteiger partial charge in [-0.1, -0.05) is 19.4 Å². The molecular weight excluding hydrogens is 440 g/mol. The van der Waals surface area contributed by atoms with Crippen molar-refractivity contribution in [3.05, 3.63) is 11.6 Å². The minimum absolute atomic E-state index is 0.0516. The molecule has 2 saturated carbocycles. The molecule has 0 N–H and O–H groups in total. The number of carbonyl (C=O) groups is 3. The van der Waals surface area contributed by atoms with Gasteiger partial charge >= 0.3 is 17.9 Å². The van der Waals surface area contributed by atoms with Gasteiger partial charge in [0.15, 0.2) is 6.10 Å². The molecule has 0 aromatic rings. The first-order valence-corrected chi connectivity index (χ1v) is 12.5. The molecule has 5 rings (SSSR count). The van der Waals surface area contributed by atoms with E-state index in [1.165, 1.54) is 6.92 Å². The Kier molecular flexibility index (Phi) is 5.45. The Morgan fingerprint density at radius 2 is 1.76 bits per heavy atom. The summed E-state index contributed by atoms with van der Waals surface area (Å²) in [6.45, 7) is 9.79. The van der Waals surface area contributed by atoms with Gasteiger partial charge in [-0.15, -0.1) is 0 Å². The summed E-state index contributed by atoms with van der Waals surface area (Å²) in [5.41, 5.74) is -2.14. The van der Waals surface area contributed by atoms with Crippen molar-refractivity contribution in [2.24, 2.45) is 17.3 Å². The summed E-state index contributed by atoms with van der Waals surface area (Å²) in [6, 6.07) is 0. The van der Waals surface area contributed by atoms with E-state index in [-0.39, 0.29) is 36.4 Å². The fourth-order valence-corrected chi connectivity index (χ4v) is 7.60. The maximum absolute atomic E-state index is 13.1. The second-order valence-corrected chi connectivity index (χ2v) is 11.3. The van der Waals surface area contributed by atoms with E-state index in [9.17, 15) is 14.4 Å². The number of epoxide rings is 1. The van der Waals surface area contributed by atoms with Crippen LogP contribution in [-0.2, 0) is 38.1 Å². The molecule has 0 aromatic heterocycles. The largest absolute Gasteiger partial charge is 0.463 e. The molecule has 2 spiro atoms. The number of ether oxygens (including phenoxy) is 5. The molecule has 0 aromatic carbocycles. The summed E-state index contributed by atoms with van der Waals surface area (Å²) >= 11 is 0. The number of allylic oxidation sites excluding steroid dienone is 1. The molecule has 34 heavy (non-hydrogen) atoms. The molecule has 188 valence electrons. The van der Waals surface area contributed by atoms with Crippen molar-refractivity contribution in [1.82, 2.24) is 0 Å². The molecular formula is C26H36O8. The van der Waals surface area contributed by atoms with E-state index in [1.54, 1.807) is 19.9 Å². The number of carbonyl (C=O) groups excluding carboxylic acids is 3. The first-order chi connectivity index (χ1) is 16.0. The van der Waals surface area contributed by atoms with E-state index < -0.39 is 40.8 Å². The van der Waals surface area contributed by atoms with Crippen LogP contribution in [0.1, 0.15) is 73.1 Å². The predicted octanol–water partition coefficient (Wildman–Crippen LogP) is 3.26. The molecule has 5 aliphatic rings. The van der Waals surface area contributed by atoms with Gasteiger partial charge in [-0.2, -0.15) is 0 Å². The van der Waals surface area contributed by atoms with Crippen molar-refractivity contribution in [2.45, 2.75) is 102 Å². The van der Waals surface area contributed by atoms with Gasteiger partial charge in [0.2, 0.25) is 0 Å². The lowest BCUT2D eigenvalue weighted by molar-refractivity contribution is -0.325. The van der Waals surface area contributed by atoms with Crippen molar-refractivity contribution in [1.29, 1.82) is 0 Å². The van der Waals surface area contributed by atoms with Crippen molar-refractivity contribution < 1.29 is 38.1 Å². The van der Waals surface area contributed by atoms with Crippen LogP contribution in [0.3, 0.4) is 0 Å². The van der Waals surface area contributed by atoms with Crippen LogP contribution in [-0.4, -0.2) is 60.1 Å². The zero-order valence-corrected chi connectivity index (χ0v) is 20.8. The smallest absolute Gasteiger partial charge is 0.333 e. The normalized spacial score (nSPS) is 47.6. The van der Waals surface area contributed by atoms with Gasteiger partial charge in [0.25, 0.3) is 0 Å². The van der Waals surface area contributed by atoms with Crippen LogP contribution in [0.2, 0.25) is 0 Å². The summed E-state index contributed by atoms with van der Waals surface area (Å²) in [6.07, 6.45) is 4.68. The Hall–Kier alpha value is -1.93. The zero-order chi connectivity index (χ0) is 24.5. The zero-order valence-electron chi connectivity index (χ0n) is 20.8. The number of fused-ring (bicyclic) bond motifs is 4. The third kappa shape index (κ3) is 3.28. The number of esters is 3. The van der Waals surface area contributed by atoms with Gasteiger partial charge in [0.1, 0.15) is 29.5 Å². The van der Waals surface area contributed by atoms with E-state index in [4.69, 9.17) is 23.7 Å². The minimum atomic E-state index is -0.951. The fraction of sp³-hybridized carbons (Fsp3) is 0.808. The SMILES string of the molecule is C/C=C(\C)C(=O)O[C@H]1[C@H](OC(C)=O)C2(C)C(CCCC23CO3)C2CCC3(COC(=O)C3)OC21C. The average molecular weight is 477 g/mol. The molecule has 8 atom stereocenters. The maximum Gasteiger partial charge on any atom is 0.333 e. The fourth-order valence-electron chi connectivity index (χ4n) is 7.60. The molecule has 3 heterocycles. The maximum atomic E-state index is 13.1. The Morgan fingerprint density at radius 3 is 2.35 bits per heavy atom. The lowest BCUT2D eigenvalue weighted by atomic mass is 9.45. The number of hydrogen-bond donors (Lipinski definition) is 0. The Morgan fingerprint density at radius 1 is 1.03 bits per heavy atom. The third-order valence-electron chi connectivity index (χ3n) is 9.59. The molecule has 8 heteroatoms. The quantitative estimate of drug-likeness (QED) is 0.265. The van der Waals surface area contributed by atoms with E-state index in [1.807, 2.05) is 6.92 Å². The highest BCUT2D eigenvalue weighted by atomic mass is 16.6. The Bertz CT molecular complexity index is 937. The summed E-state index contributed by atoms with van der Waals surface area (Å²) in [5.74, 6) is -0.958. The van der Waals surface area contributed by atoms with Crippen LogP contribution in [0, 0.1) is 17.3 Å². The average Bonchev–Trinajstić information content (AvgIpc) is 3.48.